The molecule has 6 unspecified atom stereocenters. The van der Waals surface area contributed by atoms with Gasteiger partial charge in [-0.25, -0.2) is 4.98 Å². The van der Waals surface area contributed by atoms with Crippen molar-refractivity contribution in [2.75, 3.05) is 19.1 Å². The standard InChI is InChI=1S/C35H27Cl2N3O7/c1-39-32(44)34(36)16-23-20(28(35(34,37)33(39)45)21-12-11-19(41)15-26(21)46-2)13-14-22-27(23)31(43)40(30(22)42)18-9-7-17(8-10-18)29-38-24-5-3-4-6-25(24)47-29/h3-13,15,22-23,27-28,41H,14,16H2,1-2H3. The SMILES string of the molecule is COc1cc(O)ccc1C1C2=CCC3C(=O)N(c4ccc(-c5nc6ccccc6o5)cc4)C(=O)C3C2CC2(Cl)C(=O)N(C)C(=O)C12Cl. The highest BCUT2D eigenvalue weighted by molar-refractivity contribution is 6.53. The number of likely N-dealkylation sites (tertiary alicyclic amines) is 1. The second-order valence-electron chi connectivity index (χ2n) is 12.5. The molecule has 47 heavy (non-hydrogen) atoms. The fraction of sp³-hybridized carbons (Fsp3) is 0.286. The van der Waals surface area contributed by atoms with Crippen LogP contribution in [-0.4, -0.2) is 62.5 Å². The third-order valence-electron chi connectivity index (χ3n) is 10.2. The molecule has 0 radical (unpaired) electrons. The second-order valence-corrected chi connectivity index (χ2v) is 13.7. The molecule has 2 saturated heterocycles. The lowest BCUT2D eigenvalue weighted by Crippen LogP contribution is -2.60. The first-order valence-corrected chi connectivity index (χ1v) is 15.9. The minimum absolute atomic E-state index is 0.0725. The van der Waals surface area contributed by atoms with E-state index in [1.807, 2.05) is 30.3 Å². The Morgan fingerprint density at radius 3 is 2.43 bits per heavy atom. The van der Waals surface area contributed by atoms with Crippen LogP contribution in [0.2, 0.25) is 0 Å². The third-order valence-corrected chi connectivity index (χ3v) is 11.6. The molecule has 4 aliphatic rings. The molecule has 2 aliphatic carbocycles. The lowest BCUT2D eigenvalue weighted by Gasteiger charge is -2.51. The van der Waals surface area contributed by atoms with Crippen LogP contribution < -0.4 is 9.64 Å². The van der Waals surface area contributed by atoms with E-state index in [4.69, 9.17) is 32.4 Å². The van der Waals surface area contributed by atoms with Gasteiger partial charge in [-0.05, 0) is 61.2 Å². The molecule has 3 fully saturated rings. The highest BCUT2D eigenvalue weighted by Gasteiger charge is 2.76. The first-order valence-electron chi connectivity index (χ1n) is 15.1. The van der Waals surface area contributed by atoms with Crippen LogP contribution in [0.25, 0.3) is 22.6 Å². The lowest BCUT2D eigenvalue weighted by atomic mass is 9.56. The number of carbonyl (C=O) groups excluding carboxylic acids is 4. The number of para-hydroxylation sites is 2. The molecule has 1 N–H and O–H groups in total. The van der Waals surface area contributed by atoms with Gasteiger partial charge in [0.25, 0.3) is 11.8 Å². The number of nitrogens with zero attached hydrogens (tertiary/aromatic N) is 3. The minimum atomic E-state index is -1.95. The van der Waals surface area contributed by atoms with E-state index in [1.165, 1.54) is 31.2 Å². The molecule has 3 aromatic carbocycles. The van der Waals surface area contributed by atoms with Gasteiger partial charge in [0.1, 0.15) is 17.0 Å². The number of hydrogen-bond donors (Lipinski definition) is 1. The van der Waals surface area contributed by atoms with Gasteiger partial charge in [-0.15, -0.1) is 23.2 Å². The summed E-state index contributed by atoms with van der Waals surface area (Å²) in [5.74, 6) is -4.79. The molecule has 4 aromatic rings. The van der Waals surface area contributed by atoms with Gasteiger partial charge >= 0.3 is 0 Å². The van der Waals surface area contributed by atoms with Crippen LogP contribution >= 0.6 is 23.2 Å². The van der Waals surface area contributed by atoms with Crippen molar-refractivity contribution in [1.29, 1.82) is 0 Å². The predicted octanol–water partition coefficient (Wildman–Crippen LogP) is 5.40. The summed E-state index contributed by atoms with van der Waals surface area (Å²) in [5, 5.41) is 10.2. The number of phenolic OH excluding ortho intramolecular Hbond substituents is 1. The zero-order valence-electron chi connectivity index (χ0n) is 25.1. The average Bonchev–Trinajstić information content (AvgIpc) is 3.66. The highest BCUT2D eigenvalue weighted by atomic mass is 35.5. The molecule has 1 aromatic heterocycles. The van der Waals surface area contributed by atoms with Crippen LogP contribution in [-0.2, 0) is 19.2 Å². The van der Waals surface area contributed by atoms with E-state index in [0.717, 1.165) is 4.90 Å². The molecule has 0 bridgehead atoms. The number of imide groups is 2. The number of aromatic hydroxyl groups is 1. The van der Waals surface area contributed by atoms with E-state index in [1.54, 1.807) is 30.3 Å². The summed E-state index contributed by atoms with van der Waals surface area (Å²) < 4.78 is 11.5. The number of oxazole rings is 1. The summed E-state index contributed by atoms with van der Waals surface area (Å²) in [6.45, 7) is 0. The molecule has 2 aliphatic heterocycles. The molecule has 6 atom stereocenters. The number of phenols is 1. The monoisotopic (exact) mass is 671 g/mol. The number of ether oxygens (including phenoxy) is 1. The summed E-state index contributed by atoms with van der Waals surface area (Å²) >= 11 is 14.5. The number of carbonyl (C=O) groups is 4. The van der Waals surface area contributed by atoms with Crippen LogP contribution in [0.5, 0.6) is 11.5 Å². The van der Waals surface area contributed by atoms with Gasteiger partial charge in [-0.3, -0.25) is 29.0 Å². The number of methoxy groups -OCH3 is 1. The van der Waals surface area contributed by atoms with Crippen molar-refractivity contribution in [3.63, 3.8) is 0 Å². The second kappa shape index (κ2) is 10.2. The number of anilines is 1. The maximum absolute atomic E-state index is 14.3. The van der Waals surface area contributed by atoms with Gasteiger partial charge in [-0.1, -0.05) is 29.8 Å². The molecule has 1 saturated carbocycles. The Bertz CT molecular complexity index is 2040. The van der Waals surface area contributed by atoms with Gasteiger partial charge in [0, 0.05) is 30.2 Å². The number of alkyl halides is 2. The van der Waals surface area contributed by atoms with Crippen LogP contribution in [0.4, 0.5) is 5.69 Å². The quantitative estimate of drug-likeness (QED) is 0.173. The normalized spacial score (nSPS) is 30.0. The molecule has 10 nitrogen and oxygen atoms in total. The fourth-order valence-corrected chi connectivity index (χ4v) is 9.04. The van der Waals surface area contributed by atoms with Crippen LogP contribution in [0, 0.1) is 17.8 Å². The Morgan fingerprint density at radius 1 is 0.957 bits per heavy atom. The number of hydrogen-bond acceptors (Lipinski definition) is 8. The van der Waals surface area contributed by atoms with Gasteiger partial charge < -0.3 is 14.3 Å². The Balaban J connectivity index is 1.19. The van der Waals surface area contributed by atoms with Crippen molar-refractivity contribution in [2.45, 2.75) is 28.5 Å². The minimum Gasteiger partial charge on any atom is -0.508 e. The average molecular weight is 673 g/mol. The van der Waals surface area contributed by atoms with Gasteiger partial charge in [-0.2, -0.15) is 0 Å². The number of rotatable bonds is 4. The summed E-state index contributed by atoms with van der Waals surface area (Å²) in [6.07, 6.45) is 1.95. The maximum Gasteiger partial charge on any atom is 0.253 e. The first kappa shape index (κ1) is 29.7. The third kappa shape index (κ3) is 3.88. The summed E-state index contributed by atoms with van der Waals surface area (Å²) in [5.41, 5.74) is 3.49. The van der Waals surface area contributed by atoms with Crippen LogP contribution in [0.15, 0.2) is 82.8 Å². The maximum atomic E-state index is 14.3. The van der Waals surface area contributed by atoms with Gasteiger partial charge in [0.15, 0.2) is 15.3 Å². The zero-order chi connectivity index (χ0) is 33.0. The number of halogens is 2. The fourth-order valence-electron chi connectivity index (χ4n) is 8.03. The molecule has 4 amide bonds. The molecule has 3 heterocycles. The topological polar surface area (TPSA) is 130 Å². The van der Waals surface area contributed by atoms with Gasteiger partial charge in [0.05, 0.1) is 24.6 Å². The zero-order valence-corrected chi connectivity index (χ0v) is 26.7. The number of aromatic nitrogens is 1. The first-order chi connectivity index (χ1) is 22.5. The molecular formula is C35H27Cl2N3O7. The Hall–Kier alpha value is -4.67. The number of fused-ring (bicyclic) bond motifs is 5. The smallest absolute Gasteiger partial charge is 0.253 e. The number of allylic oxidation sites excluding steroid dienone is 2. The summed E-state index contributed by atoms with van der Waals surface area (Å²) in [6, 6.07) is 18.7. The molecule has 238 valence electrons. The van der Waals surface area contributed by atoms with E-state index >= 15 is 0 Å². The van der Waals surface area contributed by atoms with Crippen molar-refractivity contribution < 1.29 is 33.4 Å². The summed E-state index contributed by atoms with van der Waals surface area (Å²) in [4.78, 5) is 58.5. The Labute approximate surface area is 278 Å². The molecular weight excluding hydrogens is 645 g/mol. The van der Waals surface area contributed by atoms with Crippen molar-refractivity contribution in [3.05, 3.63) is 83.9 Å². The number of amides is 4. The van der Waals surface area contributed by atoms with E-state index in [2.05, 4.69) is 4.98 Å². The Morgan fingerprint density at radius 2 is 1.70 bits per heavy atom. The van der Waals surface area contributed by atoms with Crippen LogP contribution in [0.1, 0.15) is 24.3 Å². The van der Waals surface area contributed by atoms with Crippen molar-refractivity contribution >= 4 is 63.6 Å². The van der Waals surface area contributed by atoms with E-state index < -0.39 is 51.1 Å². The molecule has 0 spiro atoms. The van der Waals surface area contributed by atoms with Gasteiger partial charge in [0.2, 0.25) is 17.7 Å². The predicted molar refractivity (Wildman–Crippen MR) is 172 cm³/mol. The Kier molecular flexibility index (Phi) is 6.43. The van der Waals surface area contributed by atoms with Crippen molar-refractivity contribution in [2.24, 2.45) is 17.8 Å². The highest BCUT2D eigenvalue weighted by Crippen LogP contribution is 2.66. The molecule has 12 heteroatoms. The lowest BCUT2D eigenvalue weighted by molar-refractivity contribution is -0.138. The van der Waals surface area contributed by atoms with E-state index in [9.17, 15) is 24.3 Å². The molecule has 8 rings (SSSR count). The number of benzene rings is 3. The summed E-state index contributed by atoms with van der Waals surface area (Å²) in [7, 11) is 2.75. The van der Waals surface area contributed by atoms with E-state index in [0.29, 0.717) is 39.4 Å². The largest absolute Gasteiger partial charge is 0.508 e. The van der Waals surface area contributed by atoms with Crippen molar-refractivity contribution in [3.8, 4) is 23.0 Å². The van der Waals surface area contributed by atoms with Crippen LogP contribution in [0.3, 0.4) is 0 Å². The van der Waals surface area contributed by atoms with Crippen molar-refractivity contribution in [1.82, 2.24) is 9.88 Å². The van der Waals surface area contributed by atoms with E-state index in [-0.39, 0.29) is 30.2 Å².